The molecule has 0 amide bonds. The molecule has 1 unspecified atom stereocenters. The summed E-state index contributed by atoms with van der Waals surface area (Å²) < 4.78 is 0. The SMILES string of the molecule is O=C(O)C(Nc1ccc(Cl)cc1)c1ccccc1Cl. The van der Waals surface area contributed by atoms with Crippen LogP contribution >= 0.6 is 23.2 Å². The van der Waals surface area contributed by atoms with E-state index in [4.69, 9.17) is 23.2 Å². The third-order valence-electron chi connectivity index (χ3n) is 2.62. The van der Waals surface area contributed by atoms with E-state index in [0.29, 0.717) is 21.3 Å². The average Bonchev–Trinajstić information content (AvgIpc) is 2.39. The maximum atomic E-state index is 11.4. The topological polar surface area (TPSA) is 49.3 Å². The van der Waals surface area contributed by atoms with Crippen LogP contribution in [0, 0.1) is 0 Å². The molecule has 2 N–H and O–H groups in total. The predicted molar refractivity (Wildman–Crippen MR) is 76.9 cm³/mol. The van der Waals surface area contributed by atoms with Crippen molar-refractivity contribution < 1.29 is 9.90 Å². The lowest BCUT2D eigenvalue weighted by Crippen LogP contribution is -2.20. The summed E-state index contributed by atoms with van der Waals surface area (Å²) in [5, 5.41) is 13.2. The summed E-state index contributed by atoms with van der Waals surface area (Å²) in [6.45, 7) is 0. The molecule has 19 heavy (non-hydrogen) atoms. The molecule has 0 aliphatic rings. The minimum absolute atomic E-state index is 0.413. The standard InChI is InChI=1S/C14H11Cl2NO2/c15-9-5-7-10(8-6-9)17-13(14(18)19)11-3-1-2-4-12(11)16/h1-8,13,17H,(H,18,19). The fourth-order valence-corrected chi connectivity index (χ4v) is 2.07. The quantitative estimate of drug-likeness (QED) is 0.887. The minimum Gasteiger partial charge on any atom is -0.479 e. The highest BCUT2D eigenvalue weighted by Gasteiger charge is 2.21. The van der Waals surface area contributed by atoms with Gasteiger partial charge in [0.25, 0.3) is 0 Å². The Labute approximate surface area is 120 Å². The maximum absolute atomic E-state index is 11.4. The molecule has 3 nitrogen and oxygen atoms in total. The zero-order valence-corrected chi connectivity index (χ0v) is 11.3. The van der Waals surface area contributed by atoms with Gasteiger partial charge in [0, 0.05) is 21.3 Å². The van der Waals surface area contributed by atoms with E-state index < -0.39 is 12.0 Å². The Morgan fingerprint density at radius 2 is 1.68 bits per heavy atom. The van der Waals surface area contributed by atoms with Crippen molar-refractivity contribution in [3.63, 3.8) is 0 Å². The number of aliphatic carboxylic acids is 1. The Morgan fingerprint density at radius 1 is 1.05 bits per heavy atom. The summed E-state index contributed by atoms with van der Waals surface area (Å²) in [6, 6.07) is 12.8. The fourth-order valence-electron chi connectivity index (χ4n) is 1.69. The van der Waals surface area contributed by atoms with Gasteiger partial charge in [-0.1, -0.05) is 41.4 Å². The van der Waals surface area contributed by atoms with Gasteiger partial charge in [-0.3, -0.25) is 0 Å². The van der Waals surface area contributed by atoms with E-state index in [2.05, 4.69) is 5.32 Å². The molecule has 0 aliphatic carbocycles. The van der Waals surface area contributed by atoms with E-state index in [9.17, 15) is 9.90 Å². The molecule has 2 aromatic rings. The molecule has 1 atom stereocenters. The summed E-state index contributed by atoms with van der Waals surface area (Å²) in [6.07, 6.45) is 0. The van der Waals surface area contributed by atoms with E-state index >= 15 is 0 Å². The summed E-state index contributed by atoms with van der Waals surface area (Å²) in [5.74, 6) is -0.997. The lowest BCUT2D eigenvalue weighted by molar-refractivity contribution is -0.138. The van der Waals surface area contributed by atoms with Crippen molar-refractivity contribution >= 4 is 34.9 Å². The second-order valence-corrected chi connectivity index (χ2v) is 4.79. The third kappa shape index (κ3) is 3.40. The fraction of sp³-hybridized carbons (Fsp3) is 0.0714. The number of nitrogens with one attached hydrogen (secondary N) is 1. The van der Waals surface area contributed by atoms with E-state index in [1.165, 1.54) is 0 Å². The number of hydrogen-bond donors (Lipinski definition) is 2. The van der Waals surface area contributed by atoms with Crippen LogP contribution in [0.2, 0.25) is 10.0 Å². The Hall–Kier alpha value is -1.71. The molecule has 0 heterocycles. The van der Waals surface area contributed by atoms with Gasteiger partial charge in [-0.25, -0.2) is 4.79 Å². The van der Waals surface area contributed by atoms with Gasteiger partial charge in [-0.15, -0.1) is 0 Å². The van der Waals surface area contributed by atoms with Gasteiger partial charge in [0.1, 0.15) is 0 Å². The second-order valence-electron chi connectivity index (χ2n) is 3.94. The number of hydrogen-bond acceptors (Lipinski definition) is 2. The Morgan fingerprint density at radius 3 is 2.26 bits per heavy atom. The number of carboxylic acid groups (broad SMARTS) is 1. The van der Waals surface area contributed by atoms with Crippen molar-refractivity contribution in [2.75, 3.05) is 5.32 Å². The monoisotopic (exact) mass is 295 g/mol. The van der Waals surface area contributed by atoms with Gasteiger partial charge in [-0.05, 0) is 30.3 Å². The van der Waals surface area contributed by atoms with E-state index in [1.54, 1.807) is 48.5 Å². The molecule has 0 aromatic heterocycles. The van der Waals surface area contributed by atoms with Gasteiger partial charge in [0.15, 0.2) is 6.04 Å². The third-order valence-corrected chi connectivity index (χ3v) is 3.21. The lowest BCUT2D eigenvalue weighted by atomic mass is 10.1. The highest BCUT2D eigenvalue weighted by atomic mass is 35.5. The minimum atomic E-state index is -0.997. The van der Waals surface area contributed by atoms with Gasteiger partial charge in [0.05, 0.1) is 0 Å². The molecule has 5 heteroatoms. The van der Waals surface area contributed by atoms with Gasteiger partial charge in [-0.2, -0.15) is 0 Å². The zero-order valence-electron chi connectivity index (χ0n) is 9.81. The highest BCUT2D eigenvalue weighted by Crippen LogP contribution is 2.26. The Bertz CT molecular complexity index is 584. The Kier molecular flexibility index (Phi) is 4.30. The molecule has 0 saturated carbocycles. The summed E-state index contributed by atoms with van der Waals surface area (Å²) in [4.78, 5) is 11.4. The van der Waals surface area contributed by atoms with Crippen molar-refractivity contribution in [3.05, 3.63) is 64.1 Å². The summed E-state index contributed by atoms with van der Waals surface area (Å²) in [7, 11) is 0. The average molecular weight is 296 g/mol. The predicted octanol–water partition coefficient (Wildman–Crippen LogP) is 4.23. The van der Waals surface area contributed by atoms with Gasteiger partial charge in [0.2, 0.25) is 0 Å². The molecule has 0 fully saturated rings. The van der Waals surface area contributed by atoms with Crippen LogP contribution < -0.4 is 5.32 Å². The number of halogens is 2. The molecule has 2 rings (SSSR count). The highest BCUT2D eigenvalue weighted by molar-refractivity contribution is 6.31. The van der Waals surface area contributed by atoms with Crippen molar-refractivity contribution in [2.24, 2.45) is 0 Å². The van der Waals surface area contributed by atoms with Crippen molar-refractivity contribution in [1.29, 1.82) is 0 Å². The Balaban J connectivity index is 2.29. The number of carboxylic acids is 1. The number of benzene rings is 2. The molecule has 0 bridgehead atoms. The smallest absolute Gasteiger partial charge is 0.330 e. The second kappa shape index (κ2) is 5.95. The van der Waals surface area contributed by atoms with Crippen molar-refractivity contribution in [3.8, 4) is 0 Å². The van der Waals surface area contributed by atoms with Crippen LogP contribution in [0.4, 0.5) is 5.69 Å². The molecule has 2 aromatic carbocycles. The van der Waals surface area contributed by atoms with E-state index in [-0.39, 0.29) is 0 Å². The first-order chi connectivity index (χ1) is 9.08. The summed E-state index contributed by atoms with van der Waals surface area (Å²) in [5.41, 5.74) is 1.18. The first kappa shape index (κ1) is 13.7. The van der Waals surface area contributed by atoms with Crippen LogP contribution in [0.15, 0.2) is 48.5 Å². The van der Waals surface area contributed by atoms with Crippen LogP contribution in [0.5, 0.6) is 0 Å². The van der Waals surface area contributed by atoms with E-state index in [0.717, 1.165) is 0 Å². The normalized spacial score (nSPS) is 11.9. The molecule has 98 valence electrons. The van der Waals surface area contributed by atoms with Crippen LogP contribution in [-0.2, 0) is 4.79 Å². The largest absolute Gasteiger partial charge is 0.479 e. The molecule has 0 radical (unpaired) electrons. The van der Waals surface area contributed by atoms with Gasteiger partial charge >= 0.3 is 5.97 Å². The number of anilines is 1. The summed E-state index contributed by atoms with van der Waals surface area (Å²) >= 11 is 11.8. The number of rotatable bonds is 4. The first-order valence-corrected chi connectivity index (χ1v) is 6.33. The molecular formula is C14H11Cl2NO2. The maximum Gasteiger partial charge on any atom is 0.330 e. The van der Waals surface area contributed by atoms with Crippen molar-refractivity contribution in [2.45, 2.75) is 6.04 Å². The van der Waals surface area contributed by atoms with Crippen LogP contribution in [0.3, 0.4) is 0 Å². The lowest BCUT2D eigenvalue weighted by Gasteiger charge is -2.17. The van der Waals surface area contributed by atoms with Crippen LogP contribution in [0.1, 0.15) is 11.6 Å². The van der Waals surface area contributed by atoms with Crippen molar-refractivity contribution in [1.82, 2.24) is 0 Å². The zero-order chi connectivity index (χ0) is 13.8. The van der Waals surface area contributed by atoms with E-state index in [1.807, 2.05) is 0 Å². The molecule has 0 spiro atoms. The molecular weight excluding hydrogens is 285 g/mol. The molecule has 0 saturated heterocycles. The number of carbonyl (C=O) groups is 1. The van der Waals surface area contributed by atoms with Crippen LogP contribution in [0.25, 0.3) is 0 Å². The van der Waals surface area contributed by atoms with Crippen LogP contribution in [-0.4, -0.2) is 11.1 Å². The molecule has 0 aliphatic heterocycles. The van der Waals surface area contributed by atoms with Gasteiger partial charge < -0.3 is 10.4 Å². The first-order valence-electron chi connectivity index (χ1n) is 5.57.